The van der Waals surface area contributed by atoms with Crippen LogP contribution < -0.4 is 0 Å². The van der Waals surface area contributed by atoms with E-state index in [1.165, 1.54) is 4.90 Å². The van der Waals surface area contributed by atoms with Crippen LogP contribution in [0.4, 0.5) is 4.79 Å². The van der Waals surface area contributed by atoms with Crippen molar-refractivity contribution in [2.24, 2.45) is 0 Å². The molecule has 1 atom stereocenters. The quantitative estimate of drug-likeness (QED) is 0.775. The number of urea groups is 1. The lowest BCUT2D eigenvalue weighted by atomic mass is 9.89. The van der Waals surface area contributed by atoms with Crippen LogP contribution >= 0.6 is 0 Å². The van der Waals surface area contributed by atoms with Crippen LogP contribution in [0, 0.1) is 0 Å². The summed E-state index contributed by atoms with van der Waals surface area (Å²) in [6, 6.07) is -0.260. The molecule has 5 nitrogen and oxygen atoms in total. The summed E-state index contributed by atoms with van der Waals surface area (Å²) in [4.78, 5) is 27.0. The molecule has 0 bridgehead atoms. The Kier molecular flexibility index (Phi) is 5.15. The Morgan fingerprint density at radius 1 is 1.32 bits per heavy atom. The van der Waals surface area contributed by atoms with E-state index in [0.29, 0.717) is 26.1 Å². The van der Waals surface area contributed by atoms with Gasteiger partial charge in [-0.25, -0.2) is 9.59 Å². The standard InChI is InChI=1S/C14H22N2O3/c1-4-9-15(10-5-2)13(19)16-11-7-6-8-14(16,3)12(17)18/h4-5H,1-2,6-11H2,3H3,(H,17,18). The number of carboxylic acid groups (broad SMARTS) is 1. The van der Waals surface area contributed by atoms with E-state index in [1.807, 2.05) is 0 Å². The second-order valence-electron chi connectivity index (χ2n) is 4.95. The fourth-order valence-electron chi connectivity index (χ4n) is 2.36. The number of nitrogens with zero attached hydrogens (tertiary/aromatic N) is 2. The van der Waals surface area contributed by atoms with Gasteiger partial charge in [0, 0.05) is 19.6 Å². The summed E-state index contributed by atoms with van der Waals surface area (Å²) in [5.74, 6) is -0.947. The summed E-state index contributed by atoms with van der Waals surface area (Å²) in [6.07, 6.45) is 5.41. The van der Waals surface area contributed by atoms with Gasteiger partial charge in [0.1, 0.15) is 5.54 Å². The highest BCUT2D eigenvalue weighted by atomic mass is 16.4. The van der Waals surface area contributed by atoms with Gasteiger partial charge in [0.05, 0.1) is 0 Å². The van der Waals surface area contributed by atoms with Crippen LogP contribution in [0.5, 0.6) is 0 Å². The SMILES string of the molecule is C=CCN(CC=C)C(=O)N1CCCCC1(C)C(=O)O. The minimum absolute atomic E-state index is 0.260. The number of piperidine rings is 1. The summed E-state index contributed by atoms with van der Waals surface area (Å²) >= 11 is 0. The van der Waals surface area contributed by atoms with Crippen molar-refractivity contribution in [2.45, 2.75) is 31.7 Å². The minimum atomic E-state index is -1.12. The Balaban J connectivity index is 2.95. The maximum atomic E-state index is 12.5. The summed E-state index contributed by atoms with van der Waals surface area (Å²) in [6.45, 7) is 10.1. The van der Waals surface area contributed by atoms with Gasteiger partial charge in [-0.15, -0.1) is 13.2 Å². The Labute approximate surface area is 114 Å². The van der Waals surface area contributed by atoms with Gasteiger partial charge in [-0.05, 0) is 26.2 Å². The van der Waals surface area contributed by atoms with Crippen molar-refractivity contribution in [2.75, 3.05) is 19.6 Å². The van der Waals surface area contributed by atoms with Crippen molar-refractivity contribution in [3.8, 4) is 0 Å². The van der Waals surface area contributed by atoms with Crippen molar-refractivity contribution in [3.05, 3.63) is 25.3 Å². The Hall–Kier alpha value is -1.78. The zero-order chi connectivity index (χ0) is 14.5. The first kappa shape index (κ1) is 15.3. The van der Waals surface area contributed by atoms with Crippen LogP contribution in [0.3, 0.4) is 0 Å². The van der Waals surface area contributed by atoms with E-state index in [4.69, 9.17) is 0 Å². The molecule has 1 saturated heterocycles. The third-order valence-corrected chi connectivity index (χ3v) is 3.55. The molecule has 1 aliphatic heterocycles. The van der Waals surface area contributed by atoms with E-state index in [-0.39, 0.29) is 6.03 Å². The molecule has 1 N–H and O–H groups in total. The van der Waals surface area contributed by atoms with Crippen LogP contribution in [0.2, 0.25) is 0 Å². The maximum Gasteiger partial charge on any atom is 0.329 e. The van der Waals surface area contributed by atoms with Gasteiger partial charge in [0.25, 0.3) is 0 Å². The molecule has 1 aliphatic rings. The average molecular weight is 266 g/mol. The predicted molar refractivity (Wildman–Crippen MR) is 74.0 cm³/mol. The number of carboxylic acids is 1. The highest BCUT2D eigenvalue weighted by molar-refractivity contribution is 5.86. The van der Waals surface area contributed by atoms with Crippen molar-refractivity contribution >= 4 is 12.0 Å². The molecule has 1 unspecified atom stereocenters. The number of carbonyl (C=O) groups excluding carboxylic acids is 1. The van der Waals surface area contributed by atoms with Crippen molar-refractivity contribution in [3.63, 3.8) is 0 Å². The largest absolute Gasteiger partial charge is 0.480 e. The second kappa shape index (κ2) is 6.41. The highest BCUT2D eigenvalue weighted by Gasteiger charge is 2.44. The number of aliphatic carboxylic acids is 1. The molecule has 0 spiro atoms. The molecule has 0 radical (unpaired) electrons. The highest BCUT2D eigenvalue weighted by Crippen LogP contribution is 2.29. The minimum Gasteiger partial charge on any atom is -0.480 e. The van der Waals surface area contributed by atoms with Gasteiger partial charge in [-0.1, -0.05) is 12.2 Å². The van der Waals surface area contributed by atoms with Crippen molar-refractivity contribution in [1.29, 1.82) is 0 Å². The zero-order valence-electron chi connectivity index (χ0n) is 11.5. The van der Waals surface area contributed by atoms with E-state index in [2.05, 4.69) is 13.2 Å². The van der Waals surface area contributed by atoms with E-state index < -0.39 is 11.5 Å². The molecular formula is C14H22N2O3. The van der Waals surface area contributed by atoms with E-state index in [9.17, 15) is 14.7 Å². The lowest BCUT2D eigenvalue weighted by Crippen LogP contribution is -2.60. The molecule has 0 aliphatic carbocycles. The van der Waals surface area contributed by atoms with Crippen LogP contribution in [0.25, 0.3) is 0 Å². The van der Waals surface area contributed by atoms with Crippen molar-refractivity contribution in [1.82, 2.24) is 9.80 Å². The molecule has 19 heavy (non-hydrogen) atoms. The predicted octanol–water partition coefficient (Wildman–Crippen LogP) is 2.11. The number of amides is 2. The number of hydrogen-bond donors (Lipinski definition) is 1. The van der Waals surface area contributed by atoms with Crippen LogP contribution in [0.15, 0.2) is 25.3 Å². The summed E-state index contributed by atoms with van der Waals surface area (Å²) < 4.78 is 0. The second-order valence-corrected chi connectivity index (χ2v) is 4.95. The summed E-state index contributed by atoms with van der Waals surface area (Å²) in [5, 5.41) is 9.41. The van der Waals surface area contributed by atoms with Crippen LogP contribution in [-0.2, 0) is 4.79 Å². The molecule has 0 aromatic heterocycles. The smallest absolute Gasteiger partial charge is 0.329 e. The van der Waals surface area contributed by atoms with Crippen molar-refractivity contribution < 1.29 is 14.7 Å². The number of hydrogen-bond acceptors (Lipinski definition) is 2. The van der Waals surface area contributed by atoms with E-state index >= 15 is 0 Å². The average Bonchev–Trinajstić information content (AvgIpc) is 2.38. The molecule has 0 saturated carbocycles. The lowest BCUT2D eigenvalue weighted by Gasteiger charge is -2.43. The third-order valence-electron chi connectivity index (χ3n) is 3.55. The number of rotatable bonds is 5. The van der Waals surface area contributed by atoms with Gasteiger partial charge in [0.2, 0.25) is 0 Å². The lowest BCUT2D eigenvalue weighted by molar-refractivity contribution is -0.150. The van der Waals surface area contributed by atoms with E-state index in [1.54, 1.807) is 24.0 Å². The molecule has 106 valence electrons. The third kappa shape index (κ3) is 3.16. The first-order chi connectivity index (χ1) is 8.97. The number of likely N-dealkylation sites (tertiary alicyclic amines) is 1. The molecule has 5 heteroatoms. The monoisotopic (exact) mass is 266 g/mol. The molecule has 2 amide bonds. The van der Waals surface area contributed by atoms with Crippen LogP contribution in [-0.4, -0.2) is 52.1 Å². The molecule has 0 aromatic carbocycles. The summed E-state index contributed by atoms with van der Waals surface area (Å²) in [7, 11) is 0. The first-order valence-corrected chi connectivity index (χ1v) is 6.49. The fourth-order valence-corrected chi connectivity index (χ4v) is 2.36. The first-order valence-electron chi connectivity index (χ1n) is 6.49. The maximum absolute atomic E-state index is 12.5. The molecule has 1 fully saturated rings. The molecule has 1 rings (SSSR count). The number of carbonyl (C=O) groups is 2. The van der Waals surface area contributed by atoms with Gasteiger partial charge < -0.3 is 14.9 Å². The molecule has 0 aromatic rings. The Morgan fingerprint density at radius 3 is 2.37 bits per heavy atom. The van der Waals surface area contributed by atoms with E-state index in [0.717, 1.165) is 12.8 Å². The van der Waals surface area contributed by atoms with Gasteiger partial charge >= 0.3 is 12.0 Å². The topological polar surface area (TPSA) is 60.9 Å². The summed E-state index contributed by atoms with van der Waals surface area (Å²) in [5.41, 5.74) is -1.12. The Bertz CT molecular complexity index is 371. The van der Waals surface area contributed by atoms with Gasteiger partial charge in [-0.2, -0.15) is 0 Å². The fraction of sp³-hybridized carbons (Fsp3) is 0.571. The van der Waals surface area contributed by atoms with Gasteiger partial charge in [-0.3, -0.25) is 0 Å². The normalized spacial score (nSPS) is 22.7. The molecule has 1 heterocycles. The van der Waals surface area contributed by atoms with Crippen LogP contribution in [0.1, 0.15) is 26.2 Å². The zero-order valence-corrected chi connectivity index (χ0v) is 11.5. The van der Waals surface area contributed by atoms with Gasteiger partial charge in [0.15, 0.2) is 0 Å². The molecular weight excluding hydrogens is 244 g/mol. The Morgan fingerprint density at radius 2 is 1.89 bits per heavy atom.